The van der Waals surface area contributed by atoms with E-state index in [1.54, 1.807) is 24.3 Å². The van der Waals surface area contributed by atoms with Gasteiger partial charge in [0.2, 0.25) is 0 Å². The van der Waals surface area contributed by atoms with Crippen LogP contribution < -0.4 is 4.90 Å². The summed E-state index contributed by atoms with van der Waals surface area (Å²) in [6.45, 7) is 0. The van der Waals surface area contributed by atoms with E-state index in [9.17, 15) is 19.1 Å². The highest BCUT2D eigenvalue weighted by Crippen LogP contribution is 2.44. The van der Waals surface area contributed by atoms with Crippen LogP contribution in [-0.4, -0.2) is 21.4 Å². The number of ketones is 1. The van der Waals surface area contributed by atoms with Gasteiger partial charge in [-0.2, -0.15) is 0 Å². The Labute approximate surface area is 193 Å². The molecule has 1 N–H and O–H groups in total. The molecule has 1 atom stereocenters. The Balaban J connectivity index is 1.81. The van der Waals surface area contributed by atoms with Crippen LogP contribution in [0.4, 0.5) is 10.1 Å². The molecule has 1 aliphatic heterocycles. The monoisotopic (exact) mass is 460 g/mol. The summed E-state index contributed by atoms with van der Waals surface area (Å²) in [5.74, 6) is -2.44. The molecule has 0 bridgehead atoms. The number of aliphatic hydroxyl groups is 1. The minimum atomic E-state index is -0.903. The van der Waals surface area contributed by atoms with Gasteiger partial charge in [0.05, 0.1) is 11.6 Å². The summed E-state index contributed by atoms with van der Waals surface area (Å²) in [6, 6.07) is 18.5. The molecule has 7 heteroatoms. The number of rotatable bonds is 3. The molecule has 2 heterocycles. The number of carbonyl (C=O) groups is 2. The van der Waals surface area contributed by atoms with Gasteiger partial charge >= 0.3 is 0 Å². The molecule has 1 saturated heterocycles. The van der Waals surface area contributed by atoms with Crippen molar-refractivity contribution in [2.45, 2.75) is 6.04 Å². The van der Waals surface area contributed by atoms with E-state index in [1.807, 2.05) is 42.1 Å². The zero-order valence-corrected chi connectivity index (χ0v) is 18.3. The molecule has 0 aliphatic carbocycles. The van der Waals surface area contributed by atoms with E-state index in [0.29, 0.717) is 16.3 Å². The third-order valence-corrected chi connectivity index (χ3v) is 6.11. The highest BCUT2D eigenvalue weighted by molar-refractivity contribution is 6.52. The first-order valence-corrected chi connectivity index (χ1v) is 10.6. The van der Waals surface area contributed by atoms with E-state index in [4.69, 9.17) is 11.6 Å². The molecule has 0 spiro atoms. The molecule has 3 aromatic carbocycles. The summed E-state index contributed by atoms with van der Waals surface area (Å²) in [5, 5.41) is 12.4. The number of fused-ring (bicyclic) bond motifs is 1. The maximum Gasteiger partial charge on any atom is 0.300 e. The smallest absolute Gasteiger partial charge is 0.300 e. The number of hydrogen-bond donors (Lipinski definition) is 1. The first kappa shape index (κ1) is 21.0. The Morgan fingerprint density at radius 1 is 1.00 bits per heavy atom. The minimum Gasteiger partial charge on any atom is -0.507 e. The number of para-hydroxylation sites is 1. The molecule has 1 fully saturated rings. The van der Waals surface area contributed by atoms with Crippen molar-refractivity contribution in [2.24, 2.45) is 7.05 Å². The van der Waals surface area contributed by atoms with Crippen molar-refractivity contribution in [2.75, 3.05) is 4.90 Å². The van der Waals surface area contributed by atoms with Gasteiger partial charge in [-0.15, -0.1) is 0 Å². The van der Waals surface area contributed by atoms with Crippen LogP contribution in [0.2, 0.25) is 5.02 Å². The molecule has 0 saturated carbocycles. The van der Waals surface area contributed by atoms with Gasteiger partial charge in [0, 0.05) is 46.0 Å². The quantitative estimate of drug-likeness (QED) is 0.246. The topological polar surface area (TPSA) is 62.5 Å². The van der Waals surface area contributed by atoms with Crippen molar-refractivity contribution in [3.8, 4) is 0 Å². The summed E-state index contributed by atoms with van der Waals surface area (Å²) >= 11 is 6.19. The zero-order chi connectivity index (χ0) is 23.3. The van der Waals surface area contributed by atoms with Gasteiger partial charge in [-0.1, -0.05) is 35.9 Å². The fourth-order valence-electron chi connectivity index (χ4n) is 4.37. The van der Waals surface area contributed by atoms with E-state index in [-0.39, 0.29) is 16.9 Å². The van der Waals surface area contributed by atoms with Gasteiger partial charge < -0.3 is 9.67 Å². The number of halogens is 2. The number of Topliss-reactive ketones (excluding diaryl/α,β-unsaturated/α-hetero) is 1. The highest BCUT2D eigenvalue weighted by Gasteiger charge is 2.47. The van der Waals surface area contributed by atoms with Crippen LogP contribution in [-0.2, 0) is 16.6 Å². The van der Waals surface area contributed by atoms with Crippen molar-refractivity contribution >= 4 is 45.6 Å². The van der Waals surface area contributed by atoms with E-state index in [2.05, 4.69) is 0 Å². The Bertz CT molecular complexity index is 1460. The summed E-state index contributed by atoms with van der Waals surface area (Å²) in [4.78, 5) is 27.9. The maximum atomic E-state index is 13.5. The lowest BCUT2D eigenvalue weighted by Crippen LogP contribution is -2.29. The number of benzene rings is 3. The van der Waals surface area contributed by atoms with Crippen LogP contribution in [0.1, 0.15) is 17.2 Å². The molecule has 1 unspecified atom stereocenters. The Kier molecular flexibility index (Phi) is 5.02. The van der Waals surface area contributed by atoms with E-state index >= 15 is 0 Å². The Hall–Kier alpha value is -3.90. The largest absolute Gasteiger partial charge is 0.507 e. The number of hydrogen-bond acceptors (Lipinski definition) is 3. The highest BCUT2D eigenvalue weighted by atomic mass is 35.5. The van der Waals surface area contributed by atoms with E-state index in [0.717, 1.165) is 10.9 Å². The molecule has 0 radical (unpaired) electrons. The number of anilines is 1. The summed E-state index contributed by atoms with van der Waals surface area (Å²) in [7, 11) is 1.87. The van der Waals surface area contributed by atoms with Gasteiger partial charge in [-0.3, -0.25) is 14.5 Å². The number of aryl methyl sites for hydroxylation is 1. The number of aromatic nitrogens is 1. The predicted molar refractivity (Wildman–Crippen MR) is 126 cm³/mol. The van der Waals surface area contributed by atoms with Crippen LogP contribution in [0, 0.1) is 5.82 Å². The molecule has 5 rings (SSSR count). The van der Waals surface area contributed by atoms with Crippen LogP contribution >= 0.6 is 11.6 Å². The van der Waals surface area contributed by atoms with Crippen LogP contribution in [0.25, 0.3) is 16.7 Å². The lowest BCUT2D eigenvalue weighted by molar-refractivity contribution is -0.132. The second-order valence-corrected chi connectivity index (χ2v) is 8.30. The Morgan fingerprint density at radius 3 is 2.45 bits per heavy atom. The average molecular weight is 461 g/mol. The predicted octanol–water partition coefficient (Wildman–Crippen LogP) is 5.60. The zero-order valence-electron chi connectivity index (χ0n) is 17.5. The summed E-state index contributed by atoms with van der Waals surface area (Å²) in [6.07, 6.45) is 1.84. The fourth-order valence-corrected chi connectivity index (χ4v) is 4.56. The lowest BCUT2D eigenvalue weighted by Gasteiger charge is -2.25. The normalized spacial score (nSPS) is 17.8. The van der Waals surface area contributed by atoms with Gasteiger partial charge in [-0.25, -0.2) is 4.39 Å². The minimum absolute atomic E-state index is 0.0667. The molecule has 1 aliphatic rings. The molecule has 1 aromatic heterocycles. The average Bonchev–Trinajstić information content (AvgIpc) is 3.27. The van der Waals surface area contributed by atoms with Crippen LogP contribution in [0.3, 0.4) is 0 Å². The van der Waals surface area contributed by atoms with Crippen molar-refractivity contribution < 1.29 is 19.1 Å². The number of amides is 1. The van der Waals surface area contributed by atoms with Crippen molar-refractivity contribution in [3.05, 3.63) is 107 Å². The first-order chi connectivity index (χ1) is 15.9. The molecular weight excluding hydrogens is 443 g/mol. The molecule has 5 nitrogen and oxygen atoms in total. The number of nitrogens with zero attached hydrogens (tertiary/aromatic N) is 2. The molecule has 4 aromatic rings. The fraction of sp³-hybridized carbons (Fsp3) is 0.0769. The molecular formula is C26H18ClFN2O3. The van der Waals surface area contributed by atoms with Crippen molar-refractivity contribution in [1.29, 1.82) is 0 Å². The second-order valence-electron chi connectivity index (χ2n) is 7.87. The lowest BCUT2D eigenvalue weighted by atomic mass is 9.94. The van der Waals surface area contributed by atoms with Crippen molar-refractivity contribution in [1.82, 2.24) is 4.57 Å². The number of aliphatic hydroxyl groups excluding tert-OH is 1. The van der Waals surface area contributed by atoms with Gasteiger partial charge in [0.15, 0.2) is 0 Å². The standard InChI is InChI=1S/C26H18ClFN2O3/c1-29-14-20(19-7-2-3-8-21(19)29)23-22(24(31)15-9-11-17(28)12-10-15)25(32)26(33)30(23)18-6-4-5-16(27)13-18/h2-14,23,31H,1H3/b24-22+. The second kappa shape index (κ2) is 7.90. The summed E-state index contributed by atoms with van der Waals surface area (Å²) in [5.41, 5.74) is 2.19. The van der Waals surface area contributed by atoms with Crippen LogP contribution in [0.5, 0.6) is 0 Å². The van der Waals surface area contributed by atoms with Crippen molar-refractivity contribution in [3.63, 3.8) is 0 Å². The molecule has 33 heavy (non-hydrogen) atoms. The maximum absolute atomic E-state index is 13.5. The number of carbonyl (C=O) groups excluding carboxylic acids is 2. The first-order valence-electron chi connectivity index (χ1n) is 10.2. The SMILES string of the molecule is Cn1cc(C2/C(=C(\O)c3ccc(F)cc3)C(=O)C(=O)N2c2cccc(Cl)c2)c2ccccc21. The van der Waals surface area contributed by atoms with E-state index < -0.39 is 23.5 Å². The third-order valence-electron chi connectivity index (χ3n) is 5.87. The van der Waals surface area contributed by atoms with Crippen LogP contribution in [0.15, 0.2) is 84.6 Å². The van der Waals surface area contributed by atoms with Gasteiger partial charge in [0.25, 0.3) is 11.7 Å². The summed E-state index contributed by atoms with van der Waals surface area (Å²) < 4.78 is 15.4. The molecule has 164 valence electrons. The van der Waals surface area contributed by atoms with Gasteiger partial charge in [0.1, 0.15) is 11.6 Å². The van der Waals surface area contributed by atoms with E-state index in [1.165, 1.54) is 29.2 Å². The Morgan fingerprint density at radius 2 is 1.73 bits per heavy atom. The third kappa shape index (κ3) is 3.39. The molecule has 1 amide bonds. The van der Waals surface area contributed by atoms with Gasteiger partial charge in [-0.05, 0) is 48.5 Å².